The lowest BCUT2D eigenvalue weighted by molar-refractivity contribution is -0.141. The predicted molar refractivity (Wildman–Crippen MR) is 69.9 cm³/mol. The van der Waals surface area contributed by atoms with Crippen LogP contribution in [-0.4, -0.2) is 25.7 Å². The molecule has 3 rings (SSSR count). The van der Waals surface area contributed by atoms with Crippen molar-refractivity contribution in [2.45, 2.75) is 31.5 Å². The van der Waals surface area contributed by atoms with Crippen molar-refractivity contribution in [2.24, 2.45) is 0 Å². The lowest BCUT2D eigenvalue weighted by Crippen LogP contribution is -2.22. The van der Waals surface area contributed by atoms with E-state index in [1.54, 1.807) is 6.07 Å². The molecule has 1 aliphatic carbocycles. The predicted octanol–water partition coefficient (Wildman–Crippen LogP) is 2.21. The molecule has 2 aromatic heterocycles. The minimum absolute atomic E-state index is 0.0457. The number of nitrogens with one attached hydrogen (secondary N) is 1. The van der Waals surface area contributed by atoms with Crippen LogP contribution in [0.15, 0.2) is 24.5 Å². The fourth-order valence-corrected chi connectivity index (χ4v) is 2.07. The first-order chi connectivity index (χ1) is 10.4. The summed E-state index contributed by atoms with van der Waals surface area (Å²) < 4.78 is 39.4. The smallest absolute Gasteiger partial charge is 0.293 e. The Hall–Kier alpha value is -2.45. The van der Waals surface area contributed by atoms with Gasteiger partial charge in [-0.1, -0.05) is 0 Å². The Morgan fingerprint density at radius 1 is 1.32 bits per heavy atom. The van der Waals surface area contributed by atoms with Crippen molar-refractivity contribution in [3.63, 3.8) is 0 Å². The second kappa shape index (κ2) is 5.39. The van der Waals surface area contributed by atoms with Gasteiger partial charge in [-0.15, -0.1) is 0 Å². The molecule has 0 spiro atoms. The number of carbonyl (C=O) groups excluding carboxylic acids is 1. The zero-order chi connectivity index (χ0) is 15.7. The van der Waals surface area contributed by atoms with Gasteiger partial charge in [0, 0.05) is 24.0 Å². The van der Waals surface area contributed by atoms with Crippen molar-refractivity contribution >= 4 is 11.9 Å². The highest BCUT2D eigenvalue weighted by atomic mass is 19.4. The van der Waals surface area contributed by atoms with Crippen LogP contribution < -0.4 is 5.32 Å². The van der Waals surface area contributed by atoms with E-state index in [0.717, 1.165) is 23.6 Å². The van der Waals surface area contributed by atoms with Crippen molar-refractivity contribution in [1.82, 2.24) is 19.7 Å². The van der Waals surface area contributed by atoms with Crippen molar-refractivity contribution in [3.8, 4) is 0 Å². The van der Waals surface area contributed by atoms with Crippen LogP contribution in [0.25, 0.3) is 0 Å². The standard InChI is InChI=1S/C13H12F3N5O/c14-13(15,16)10-6-9(8-2-3-8)21(20-10)7-11(22)19-12-17-4-1-5-18-12/h1,4-6,8H,2-3,7H2,(H,17,18,19,22). The first-order valence-electron chi connectivity index (χ1n) is 6.65. The maximum atomic E-state index is 12.8. The van der Waals surface area contributed by atoms with Gasteiger partial charge in [-0.3, -0.25) is 14.8 Å². The van der Waals surface area contributed by atoms with E-state index in [0.29, 0.717) is 5.69 Å². The Kier molecular flexibility index (Phi) is 3.55. The van der Waals surface area contributed by atoms with Crippen LogP contribution in [0.3, 0.4) is 0 Å². The Labute approximate surface area is 123 Å². The Balaban J connectivity index is 1.76. The quantitative estimate of drug-likeness (QED) is 0.939. The molecular formula is C13H12F3N5O. The van der Waals surface area contributed by atoms with Crippen molar-refractivity contribution in [2.75, 3.05) is 5.32 Å². The van der Waals surface area contributed by atoms with Crippen molar-refractivity contribution < 1.29 is 18.0 Å². The molecule has 0 bridgehead atoms. The van der Waals surface area contributed by atoms with E-state index in [2.05, 4.69) is 20.4 Å². The Morgan fingerprint density at radius 2 is 2.00 bits per heavy atom. The summed E-state index contributed by atoms with van der Waals surface area (Å²) in [6, 6.07) is 2.61. The van der Waals surface area contributed by atoms with Gasteiger partial charge in [0.2, 0.25) is 11.9 Å². The molecule has 1 amide bonds. The van der Waals surface area contributed by atoms with Crippen molar-refractivity contribution in [3.05, 3.63) is 35.9 Å². The minimum Gasteiger partial charge on any atom is -0.293 e. The lowest BCUT2D eigenvalue weighted by atomic mass is 10.2. The number of nitrogens with zero attached hydrogens (tertiary/aromatic N) is 4. The third-order valence-electron chi connectivity index (χ3n) is 3.21. The molecule has 2 aromatic rings. The van der Waals surface area contributed by atoms with Crippen molar-refractivity contribution in [1.29, 1.82) is 0 Å². The van der Waals surface area contributed by atoms with Gasteiger partial charge < -0.3 is 0 Å². The first-order valence-corrected chi connectivity index (χ1v) is 6.65. The molecule has 6 nitrogen and oxygen atoms in total. The lowest BCUT2D eigenvalue weighted by Gasteiger charge is -2.07. The molecular weight excluding hydrogens is 299 g/mol. The van der Waals surface area contributed by atoms with E-state index in [4.69, 9.17) is 0 Å². The summed E-state index contributed by atoms with van der Waals surface area (Å²) in [7, 11) is 0. The van der Waals surface area contributed by atoms with E-state index in [1.807, 2.05) is 0 Å². The number of anilines is 1. The van der Waals surface area contributed by atoms with Gasteiger partial charge in [0.05, 0.1) is 0 Å². The average Bonchev–Trinajstić information content (AvgIpc) is 3.20. The molecule has 2 heterocycles. The zero-order valence-electron chi connectivity index (χ0n) is 11.3. The molecule has 1 fully saturated rings. The molecule has 0 atom stereocenters. The number of hydrogen-bond acceptors (Lipinski definition) is 4. The van der Waals surface area contributed by atoms with Gasteiger partial charge in [0.15, 0.2) is 5.69 Å². The molecule has 0 unspecified atom stereocenters. The van der Waals surface area contributed by atoms with Gasteiger partial charge >= 0.3 is 6.18 Å². The van der Waals surface area contributed by atoms with E-state index in [9.17, 15) is 18.0 Å². The molecule has 1 aliphatic rings. The normalized spacial score (nSPS) is 14.9. The zero-order valence-corrected chi connectivity index (χ0v) is 11.3. The number of rotatable bonds is 4. The van der Waals surface area contributed by atoms with Gasteiger partial charge in [0.1, 0.15) is 6.54 Å². The van der Waals surface area contributed by atoms with Crippen LogP contribution in [-0.2, 0) is 17.5 Å². The van der Waals surface area contributed by atoms with Gasteiger partial charge in [-0.25, -0.2) is 9.97 Å². The third-order valence-corrected chi connectivity index (χ3v) is 3.21. The van der Waals surface area contributed by atoms with Crippen LogP contribution in [0.5, 0.6) is 0 Å². The van der Waals surface area contributed by atoms with Crippen LogP contribution in [0.4, 0.5) is 19.1 Å². The maximum Gasteiger partial charge on any atom is 0.435 e. The number of aromatic nitrogens is 4. The number of carbonyl (C=O) groups is 1. The highest BCUT2D eigenvalue weighted by Crippen LogP contribution is 2.42. The fraction of sp³-hybridized carbons (Fsp3) is 0.385. The average molecular weight is 311 g/mol. The van der Waals surface area contributed by atoms with Gasteiger partial charge in [0.25, 0.3) is 0 Å². The van der Waals surface area contributed by atoms with Gasteiger partial charge in [-0.2, -0.15) is 18.3 Å². The summed E-state index contributed by atoms with van der Waals surface area (Å²) in [5, 5.41) is 5.94. The number of hydrogen-bond donors (Lipinski definition) is 1. The van der Waals surface area contributed by atoms with E-state index in [-0.39, 0.29) is 18.4 Å². The van der Waals surface area contributed by atoms with Crippen LogP contribution in [0, 0.1) is 0 Å². The molecule has 1 N–H and O–H groups in total. The molecule has 0 aliphatic heterocycles. The summed E-state index contributed by atoms with van der Waals surface area (Å²) in [6.45, 7) is -0.305. The summed E-state index contributed by atoms with van der Waals surface area (Å²) in [6.07, 6.45) is 0.00847. The molecule has 0 radical (unpaired) electrons. The number of halogens is 3. The molecule has 116 valence electrons. The fourth-order valence-electron chi connectivity index (χ4n) is 2.07. The van der Waals surface area contributed by atoms with E-state index < -0.39 is 17.8 Å². The van der Waals surface area contributed by atoms with E-state index >= 15 is 0 Å². The molecule has 9 heteroatoms. The van der Waals surface area contributed by atoms with Gasteiger partial charge in [-0.05, 0) is 25.0 Å². The number of amides is 1. The van der Waals surface area contributed by atoms with Crippen LogP contribution in [0.1, 0.15) is 30.1 Å². The second-order valence-corrected chi connectivity index (χ2v) is 5.00. The van der Waals surface area contributed by atoms with E-state index in [1.165, 1.54) is 12.4 Å². The highest BCUT2D eigenvalue weighted by molar-refractivity contribution is 5.88. The monoisotopic (exact) mass is 311 g/mol. The molecule has 0 aromatic carbocycles. The SMILES string of the molecule is O=C(Cn1nc(C(F)(F)F)cc1C1CC1)Nc1ncccn1. The maximum absolute atomic E-state index is 12.8. The summed E-state index contributed by atoms with van der Waals surface area (Å²) in [5.41, 5.74) is -0.533. The number of alkyl halides is 3. The Bertz CT molecular complexity index is 679. The summed E-state index contributed by atoms with van der Waals surface area (Å²) >= 11 is 0. The van der Waals surface area contributed by atoms with Crippen LogP contribution in [0.2, 0.25) is 0 Å². The first kappa shape index (κ1) is 14.5. The molecule has 0 saturated heterocycles. The minimum atomic E-state index is -4.52. The highest BCUT2D eigenvalue weighted by Gasteiger charge is 2.38. The third kappa shape index (κ3) is 3.23. The largest absolute Gasteiger partial charge is 0.435 e. The topological polar surface area (TPSA) is 72.7 Å². The second-order valence-electron chi connectivity index (χ2n) is 5.00. The summed E-state index contributed by atoms with van der Waals surface area (Å²) in [4.78, 5) is 19.5. The molecule has 22 heavy (non-hydrogen) atoms. The van der Waals surface area contributed by atoms with Crippen LogP contribution >= 0.6 is 0 Å². The summed E-state index contributed by atoms with van der Waals surface area (Å²) in [5.74, 6) is -0.377. The Morgan fingerprint density at radius 3 is 2.59 bits per heavy atom. The molecule has 1 saturated carbocycles.